The first-order chi connectivity index (χ1) is 14.5. The van der Waals surface area contributed by atoms with Crippen LogP contribution < -0.4 is 4.72 Å². The molecule has 1 aliphatic heterocycles. The Morgan fingerprint density at radius 2 is 2.00 bits per heavy atom. The number of aromatic nitrogens is 3. The largest absolute Gasteiger partial charge is 0.337 e. The minimum absolute atomic E-state index is 0.0490. The maximum atomic E-state index is 12.3. The molecule has 30 heavy (non-hydrogen) atoms. The van der Waals surface area contributed by atoms with E-state index in [1.54, 1.807) is 11.0 Å². The zero-order chi connectivity index (χ0) is 21.0. The molecule has 3 aromatic rings. The number of carbonyl (C=O) groups excluding carboxylic acids is 1. The molecule has 1 aliphatic rings. The van der Waals surface area contributed by atoms with E-state index in [9.17, 15) is 13.2 Å². The van der Waals surface area contributed by atoms with Crippen LogP contribution in [-0.2, 0) is 27.8 Å². The topological polar surface area (TPSA) is 118 Å². The van der Waals surface area contributed by atoms with Crippen molar-refractivity contribution in [2.75, 3.05) is 6.54 Å². The first-order valence-corrected chi connectivity index (χ1v) is 11.1. The van der Waals surface area contributed by atoms with Crippen LogP contribution in [0, 0.1) is 0 Å². The molecule has 9 nitrogen and oxygen atoms in total. The summed E-state index contributed by atoms with van der Waals surface area (Å²) in [6.07, 6.45) is 4.51. The smallest absolute Gasteiger partial charge is 0.249 e. The second kappa shape index (κ2) is 8.72. The maximum absolute atomic E-state index is 12.3. The number of likely N-dealkylation sites (tertiary alicyclic amines) is 1. The molecule has 0 spiro atoms. The van der Waals surface area contributed by atoms with E-state index in [4.69, 9.17) is 4.52 Å². The van der Waals surface area contributed by atoms with E-state index in [0.29, 0.717) is 25.3 Å². The average molecular weight is 427 g/mol. The zero-order valence-corrected chi connectivity index (χ0v) is 17.0. The molecule has 1 amide bonds. The van der Waals surface area contributed by atoms with E-state index in [0.717, 1.165) is 12.0 Å². The second-order valence-electron chi connectivity index (χ2n) is 6.94. The summed E-state index contributed by atoms with van der Waals surface area (Å²) in [5.41, 5.74) is 1.15. The summed E-state index contributed by atoms with van der Waals surface area (Å²) in [4.78, 5) is 22.3. The predicted molar refractivity (Wildman–Crippen MR) is 106 cm³/mol. The summed E-state index contributed by atoms with van der Waals surface area (Å²) in [7, 11) is -3.73. The lowest BCUT2D eigenvalue weighted by Crippen LogP contribution is -2.30. The number of rotatable bonds is 8. The van der Waals surface area contributed by atoms with E-state index in [-0.39, 0.29) is 29.2 Å². The van der Waals surface area contributed by atoms with Gasteiger partial charge in [0.2, 0.25) is 21.8 Å². The Hall–Kier alpha value is -3.11. The van der Waals surface area contributed by atoms with Crippen LogP contribution in [0.5, 0.6) is 0 Å². The minimum atomic E-state index is -3.73. The van der Waals surface area contributed by atoms with Crippen molar-refractivity contribution in [1.29, 1.82) is 0 Å². The molecular formula is C20H21N5O4S. The van der Waals surface area contributed by atoms with Crippen molar-refractivity contribution in [3.05, 3.63) is 72.1 Å². The van der Waals surface area contributed by atoms with Gasteiger partial charge in [0.05, 0.1) is 6.54 Å². The molecule has 1 saturated heterocycles. The second-order valence-corrected chi connectivity index (χ2v) is 8.71. The number of nitrogens with one attached hydrogen (secondary N) is 1. The Balaban J connectivity index is 1.40. The fourth-order valence-electron chi connectivity index (χ4n) is 3.39. The van der Waals surface area contributed by atoms with Crippen LogP contribution in [0.4, 0.5) is 0 Å². The van der Waals surface area contributed by atoms with E-state index >= 15 is 0 Å². The van der Waals surface area contributed by atoms with Gasteiger partial charge in [-0.3, -0.25) is 9.78 Å². The molecule has 1 N–H and O–H groups in total. The average Bonchev–Trinajstić information content (AvgIpc) is 3.38. The van der Waals surface area contributed by atoms with Crippen molar-refractivity contribution in [2.45, 2.75) is 36.7 Å². The Morgan fingerprint density at radius 1 is 1.17 bits per heavy atom. The Morgan fingerprint density at radius 3 is 2.77 bits per heavy atom. The Labute approximate surface area is 174 Å². The first-order valence-electron chi connectivity index (χ1n) is 9.58. The lowest BCUT2D eigenvalue weighted by atomic mass is 10.1. The molecule has 1 aromatic carbocycles. The quantitative estimate of drug-likeness (QED) is 0.583. The summed E-state index contributed by atoms with van der Waals surface area (Å²) in [6, 6.07) is 12.6. The van der Waals surface area contributed by atoms with Gasteiger partial charge in [0.1, 0.15) is 10.9 Å². The fourth-order valence-corrected chi connectivity index (χ4v) is 4.33. The summed E-state index contributed by atoms with van der Waals surface area (Å²) in [5, 5.41) is 3.87. The number of carbonyl (C=O) groups is 1. The van der Waals surface area contributed by atoms with Gasteiger partial charge >= 0.3 is 0 Å². The van der Waals surface area contributed by atoms with Gasteiger partial charge in [0, 0.05) is 25.4 Å². The standard InChI is InChI=1S/C20H21N5O4S/c26-19-9-8-17(25(19)12-10-15-5-2-1-3-6-15)20-23-18(24-29-20)14-22-30(27,28)16-7-4-11-21-13-16/h1-7,11,13,17,22H,8-10,12,14H2/t17-/m0/s1. The summed E-state index contributed by atoms with van der Waals surface area (Å²) in [5.74, 6) is 0.581. The fraction of sp³-hybridized carbons (Fsp3) is 0.300. The molecule has 0 bridgehead atoms. The highest BCUT2D eigenvalue weighted by atomic mass is 32.2. The molecule has 0 aliphatic carbocycles. The summed E-state index contributed by atoms with van der Waals surface area (Å²) in [6.45, 7) is 0.435. The number of hydrogen-bond acceptors (Lipinski definition) is 7. The molecule has 156 valence electrons. The van der Waals surface area contributed by atoms with Crippen molar-refractivity contribution in [3.8, 4) is 0 Å². The molecule has 0 radical (unpaired) electrons. The van der Waals surface area contributed by atoms with Crippen molar-refractivity contribution >= 4 is 15.9 Å². The molecule has 3 heterocycles. The molecule has 4 rings (SSSR count). The van der Waals surface area contributed by atoms with Gasteiger partial charge in [-0.15, -0.1) is 0 Å². The van der Waals surface area contributed by atoms with Crippen LogP contribution >= 0.6 is 0 Å². The van der Waals surface area contributed by atoms with Gasteiger partial charge in [-0.1, -0.05) is 35.5 Å². The SMILES string of the molecule is O=C1CC[C@@H](c2nc(CNS(=O)(=O)c3cccnc3)no2)N1CCc1ccccc1. The van der Waals surface area contributed by atoms with E-state index in [1.165, 1.54) is 18.5 Å². The van der Waals surface area contributed by atoms with Crippen molar-refractivity contribution in [3.63, 3.8) is 0 Å². The van der Waals surface area contributed by atoms with Crippen LogP contribution in [0.15, 0.2) is 64.3 Å². The summed E-state index contributed by atoms with van der Waals surface area (Å²) < 4.78 is 32.4. The van der Waals surface area contributed by atoms with Crippen LogP contribution in [0.1, 0.15) is 36.2 Å². The van der Waals surface area contributed by atoms with E-state index < -0.39 is 10.0 Å². The third kappa shape index (κ3) is 4.55. The van der Waals surface area contributed by atoms with Crippen molar-refractivity contribution in [1.82, 2.24) is 24.7 Å². The third-order valence-corrected chi connectivity index (χ3v) is 6.33. The molecular weight excluding hydrogens is 406 g/mol. The number of sulfonamides is 1. The van der Waals surface area contributed by atoms with Crippen LogP contribution in [-0.4, -0.2) is 40.9 Å². The van der Waals surface area contributed by atoms with Crippen LogP contribution in [0.25, 0.3) is 0 Å². The normalized spacial score (nSPS) is 16.9. The van der Waals surface area contributed by atoms with Gasteiger partial charge in [-0.05, 0) is 30.5 Å². The number of amides is 1. The Bertz CT molecular complexity index is 1100. The number of nitrogens with zero attached hydrogens (tertiary/aromatic N) is 4. The predicted octanol–water partition coefficient (Wildman–Crippen LogP) is 1.85. The van der Waals surface area contributed by atoms with Crippen molar-refractivity contribution in [2.24, 2.45) is 0 Å². The van der Waals surface area contributed by atoms with Gasteiger partial charge in [-0.25, -0.2) is 13.1 Å². The van der Waals surface area contributed by atoms with Gasteiger partial charge in [0.15, 0.2) is 5.82 Å². The monoisotopic (exact) mass is 427 g/mol. The first kappa shape index (κ1) is 20.2. The Kier molecular flexibility index (Phi) is 5.86. The molecule has 10 heteroatoms. The molecule has 1 fully saturated rings. The van der Waals surface area contributed by atoms with Crippen LogP contribution in [0.3, 0.4) is 0 Å². The summed E-state index contributed by atoms with van der Waals surface area (Å²) >= 11 is 0. The number of benzene rings is 1. The highest BCUT2D eigenvalue weighted by Gasteiger charge is 2.35. The van der Waals surface area contributed by atoms with Gasteiger partial charge in [-0.2, -0.15) is 4.98 Å². The highest BCUT2D eigenvalue weighted by molar-refractivity contribution is 7.89. The maximum Gasteiger partial charge on any atom is 0.249 e. The highest BCUT2D eigenvalue weighted by Crippen LogP contribution is 2.31. The van der Waals surface area contributed by atoms with E-state index in [2.05, 4.69) is 19.8 Å². The van der Waals surface area contributed by atoms with Gasteiger partial charge < -0.3 is 9.42 Å². The number of hydrogen-bond donors (Lipinski definition) is 1. The van der Waals surface area contributed by atoms with Gasteiger partial charge in [0.25, 0.3) is 0 Å². The molecule has 1 atom stereocenters. The molecule has 0 saturated carbocycles. The number of pyridine rings is 1. The minimum Gasteiger partial charge on any atom is -0.337 e. The lowest BCUT2D eigenvalue weighted by Gasteiger charge is -2.21. The lowest BCUT2D eigenvalue weighted by molar-refractivity contribution is -0.129. The van der Waals surface area contributed by atoms with E-state index in [1.807, 2.05) is 30.3 Å². The van der Waals surface area contributed by atoms with Crippen molar-refractivity contribution < 1.29 is 17.7 Å². The molecule has 0 unspecified atom stereocenters. The molecule has 2 aromatic heterocycles. The van der Waals surface area contributed by atoms with Crippen LogP contribution in [0.2, 0.25) is 0 Å². The third-order valence-electron chi connectivity index (χ3n) is 4.95. The zero-order valence-electron chi connectivity index (χ0n) is 16.1.